The van der Waals surface area contributed by atoms with E-state index in [1.165, 1.54) is 99.7 Å². The van der Waals surface area contributed by atoms with E-state index in [4.69, 9.17) is 0 Å². The Hall–Kier alpha value is -2.73. The summed E-state index contributed by atoms with van der Waals surface area (Å²) in [6.45, 7) is 26.1. The molecule has 9 rings (SSSR count). The molecule has 0 spiro atoms. The van der Waals surface area contributed by atoms with Crippen LogP contribution in [-0.2, 0) is 6.54 Å². The predicted octanol–water partition coefficient (Wildman–Crippen LogP) is 10.3. The van der Waals surface area contributed by atoms with Gasteiger partial charge in [0.2, 0.25) is 0 Å². The summed E-state index contributed by atoms with van der Waals surface area (Å²) in [5.74, 6) is 2.53. The molecule has 2 bridgehead atoms. The number of hydrogen-bond donors (Lipinski definition) is 2. The molecule has 6 fully saturated rings. The van der Waals surface area contributed by atoms with Crippen LogP contribution >= 0.6 is 0 Å². The minimum Gasteiger partial charge on any atom is -0.478 e. The van der Waals surface area contributed by atoms with Crippen molar-refractivity contribution in [3.8, 4) is 0 Å². The highest BCUT2D eigenvalue weighted by Crippen LogP contribution is 2.76. The van der Waals surface area contributed by atoms with Gasteiger partial charge in [0.25, 0.3) is 0 Å². The number of likely N-dealkylation sites (tertiary alicyclic amines) is 2. The van der Waals surface area contributed by atoms with Crippen molar-refractivity contribution in [1.29, 1.82) is 0 Å². The number of nitrogens with one attached hydrogen (secondary N) is 1. The van der Waals surface area contributed by atoms with Crippen molar-refractivity contribution in [2.75, 3.05) is 26.2 Å². The van der Waals surface area contributed by atoms with Crippen molar-refractivity contribution in [2.24, 2.45) is 51.2 Å². The molecule has 2 N–H and O–H groups in total. The topological polar surface area (TPSA) is 55.8 Å². The first-order valence-corrected chi connectivity index (χ1v) is 22.2. The van der Waals surface area contributed by atoms with Crippen LogP contribution in [0, 0.1) is 51.2 Å². The van der Waals surface area contributed by atoms with E-state index < -0.39 is 5.97 Å². The summed E-state index contributed by atoms with van der Waals surface area (Å²) in [4.78, 5) is 17.2. The first kappa shape index (κ1) is 37.8. The first-order chi connectivity index (χ1) is 26.2. The lowest BCUT2D eigenvalue weighted by atomic mass is 9.33. The van der Waals surface area contributed by atoms with Crippen LogP contribution in [0.2, 0.25) is 0 Å². The molecule has 5 aliphatic carbocycles. The van der Waals surface area contributed by atoms with E-state index in [-0.39, 0.29) is 16.4 Å². The minimum atomic E-state index is -0.852. The third-order valence-electron chi connectivity index (χ3n) is 18.7. The van der Waals surface area contributed by atoms with Gasteiger partial charge in [0, 0.05) is 50.3 Å². The maximum absolute atomic E-state index is 11.6. The Balaban J connectivity index is 0.919. The second-order valence-corrected chi connectivity index (χ2v) is 21.1. The van der Waals surface area contributed by atoms with E-state index in [0.29, 0.717) is 52.1 Å². The largest absolute Gasteiger partial charge is 0.478 e. The molecule has 2 saturated heterocycles. The molecule has 0 aromatic heterocycles. The van der Waals surface area contributed by atoms with Crippen molar-refractivity contribution in [3.63, 3.8) is 0 Å². The highest BCUT2D eigenvalue weighted by Gasteiger charge is 2.70. The van der Waals surface area contributed by atoms with Crippen molar-refractivity contribution in [3.05, 3.63) is 89.5 Å². The van der Waals surface area contributed by atoms with Crippen LogP contribution < -0.4 is 5.32 Å². The Kier molecular flexibility index (Phi) is 9.23. The molecule has 5 heteroatoms. The minimum absolute atomic E-state index is 0.0357. The Labute approximate surface area is 332 Å². The molecular formula is C50H69N3O2. The second kappa shape index (κ2) is 13.4. The number of piperazine rings is 1. The van der Waals surface area contributed by atoms with Crippen LogP contribution in [-0.4, -0.2) is 64.7 Å². The highest BCUT2D eigenvalue weighted by molar-refractivity contribution is 5.88. The Morgan fingerprint density at radius 1 is 0.836 bits per heavy atom. The summed E-state index contributed by atoms with van der Waals surface area (Å²) in [5, 5.41) is 13.9. The van der Waals surface area contributed by atoms with Gasteiger partial charge in [0.05, 0.1) is 5.56 Å². The molecule has 296 valence electrons. The van der Waals surface area contributed by atoms with Gasteiger partial charge in [-0.2, -0.15) is 0 Å². The molecule has 5 nitrogen and oxygen atoms in total. The van der Waals surface area contributed by atoms with Crippen molar-refractivity contribution in [1.82, 2.24) is 15.1 Å². The van der Waals surface area contributed by atoms with Crippen LogP contribution in [0.3, 0.4) is 0 Å². The Morgan fingerprint density at radius 3 is 2.25 bits per heavy atom. The van der Waals surface area contributed by atoms with Crippen LogP contribution in [0.5, 0.6) is 0 Å². The molecular weight excluding hydrogens is 675 g/mol. The van der Waals surface area contributed by atoms with E-state index >= 15 is 0 Å². The molecule has 2 aromatic rings. The van der Waals surface area contributed by atoms with Crippen LogP contribution in [0.15, 0.2) is 72.8 Å². The zero-order valence-corrected chi connectivity index (χ0v) is 34.9. The van der Waals surface area contributed by atoms with Gasteiger partial charge in [-0.25, -0.2) is 4.79 Å². The number of nitrogens with zero attached hydrogens (tertiary/aromatic N) is 2. The van der Waals surface area contributed by atoms with Crippen LogP contribution in [0.25, 0.3) is 5.57 Å². The van der Waals surface area contributed by atoms with Crippen LogP contribution in [0.1, 0.15) is 127 Å². The average Bonchev–Trinajstić information content (AvgIpc) is 3.85. The van der Waals surface area contributed by atoms with E-state index in [0.717, 1.165) is 25.4 Å². The molecule has 0 radical (unpaired) electrons. The molecule has 7 aliphatic rings. The summed E-state index contributed by atoms with van der Waals surface area (Å²) < 4.78 is 0. The monoisotopic (exact) mass is 744 g/mol. The standard InChI is InChI=1S/C50H69N3O2/c1-33(2)39-19-24-50(51-27-28-52-31-38-29-37(52)32-53(38)30-34-11-9-8-10-12-34)26-25-48(6)41(44(39)50)17-18-43-47(5)22-20-40(35-13-15-36(16-14-35)45(54)55)46(3,4)42(47)21-23-49(43,48)7/h8-16,20,37-39,41-44,51H,1,17-19,21-32H2,2-7H3,(H,54,55)/t37-,38-,39+,41-,42+,43-,44-,47+,48-,49-,50+/m1/s1. The third-order valence-corrected chi connectivity index (χ3v) is 18.7. The summed E-state index contributed by atoms with van der Waals surface area (Å²) in [6.07, 6.45) is 15.6. The molecule has 11 atom stereocenters. The van der Waals surface area contributed by atoms with Crippen molar-refractivity contribution in [2.45, 2.75) is 130 Å². The number of aromatic carboxylic acids is 1. The molecule has 0 unspecified atom stereocenters. The maximum atomic E-state index is 11.6. The second-order valence-electron chi connectivity index (χ2n) is 21.1. The van der Waals surface area contributed by atoms with E-state index in [9.17, 15) is 9.90 Å². The number of carboxylic acid groups (broad SMARTS) is 1. The van der Waals surface area contributed by atoms with E-state index in [1.807, 2.05) is 0 Å². The summed E-state index contributed by atoms with van der Waals surface area (Å²) in [5.41, 5.74) is 7.06. The molecule has 2 heterocycles. The fraction of sp³-hybridized carbons (Fsp3) is 0.660. The lowest BCUT2D eigenvalue weighted by molar-refractivity contribution is -0.219. The maximum Gasteiger partial charge on any atom is 0.335 e. The average molecular weight is 744 g/mol. The normalized spacial score (nSPS) is 41.9. The zero-order chi connectivity index (χ0) is 38.5. The summed E-state index contributed by atoms with van der Waals surface area (Å²) in [7, 11) is 0. The van der Waals surface area contributed by atoms with E-state index in [1.54, 1.807) is 12.1 Å². The van der Waals surface area contributed by atoms with Gasteiger partial charge < -0.3 is 10.4 Å². The number of carboxylic acids is 1. The van der Waals surface area contributed by atoms with Gasteiger partial charge in [-0.3, -0.25) is 9.80 Å². The molecule has 4 saturated carbocycles. The van der Waals surface area contributed by atoms with Gasteiger partial charge in [0.15, 0.2) is 0 Å². The highest BCUT2D eigenvalue weighted by atomic mass is 16.4. The van der Waals surface area contributed by atoms with E-state index in [2.05, 4.69) is 112 Å². The number of allylic oxidation sites excluding steroid dienone is 3. The Bertz CT molecular complexity index is 1830. The number of fused-ring (bicyclic) bond motifs is 9. The molecule has 55 heavy (non-hydrogen) atoms. The fourth-order valence-corrected chi connectivity index (χ4v) is 15.9. The van der Waals surface area contributed by atoms with Gasteiger partial charge in [-0.1, -0.05) is 95.3 Å². The van der Waals surface area contributed by atoms with Gasteiger partial charge in [0.1, 0.15) is 0 Å². The van der Waals surface area contributed by atoms with Crippen molar-refractivity contribution < 1.29 is 9.90 Å². The quantitative estimate of drug-likeness (QED) is 0.251. The molecule has 2 aliphatic heterocycles. The lowest BCUT2D eigenvalue weighted by Gasteiger charge is -2.72. The summed E-state index contributed by atoms with van der Waals surface area (Å²) in [6, 6.07) is 20.2. The van der Waals surface area contributed by atoms with Gasteiger partial charge in [-0.05, 0) is 151 Å². The molecule has 2 aromatic carbocycles. The van der Waals surface area contributed by atoms with Crippen molar-refractivity contribution >= 4 is 11.5 Å². The molecule has 0 amide bonds. The van der Waals surface area contributed by atoms with Gasteiger partial charge >= 0.3 is 5.97 Å². The van der Waals surface area contributed by atoms with Gasteiger partial charge in [-0.15, -0.1) is 0 Å². The SMILES string of the molecule is C=C(C)[C@@H]1CC[C@]2(NCCN3C[C@H]4C[C@@H]3CN4Cc3ccccc3)CC[C@]3(C)[C@H](CC[C@@H]4[C@@]5(C)CC=C(c6ccc(C(=O)O)cc6)C(C)(C)[C@@H]5CC[C@]43C)[C@@H]12. The number of benzene rings is 2. The number of carbonyl (C=O) groups is 1. The fourth-order valence-electron chi connectivity index (χ4n) is 15.9. The number of rotatable bonds is 9. The zero-order valence-electron chi connectivity index (χ0n) is 34.9. The first-order valence-electron chi connectivity index (χ1n) is 22.2. The lowest BCUT2D eigenvalue weighted by Crippen LogP contribution is -2.68. The third kappa shape index (κ3) is 5.74. The Morgan fingerprint density at radius 2 is 1.56 bits per heavy atom. The number of hydrogen-bond acceptors (Lipinski definition) is 4. The predicted molar refractivity (Wildman–Crippen MR) is 225 cm³/mol. The summed E-state index contributed by atoms with van der Waals surface area (Å²) >= 11 is 0. The smallest absolute Gasteiger partial charge is 0.335 e. The van der Waals surface area contributed by atoms with Crippen LogP contribution in [0.4, 0.5) is 0 Å².